The SMILES string of the molecule is CC1(C)CCC(O)(CNCC2CCCO2)CC1. The fourth-order valence-electron chi connectivity index (χ4n) is 2.84. The van der Waals surface area contributed by atoms with E-state index in [1.807, 2.05) is 0 Å². The van der Waals surface area contributed by atoms with Gasteiger partial charge in [-0.15, -0.1) is 0 Å². The van der Waals surface area contributed by atoms with Crippen LogP contribution in [0.5, 0.6) is 0 Å². The van der Waals surface area contributed by atoms with E-state index >= 15 is 0 Å². The van der Waals surface area contributed by atoms with Crippen LogP contribution in [-0.4, -0.2) is 36.5 Å². The summed E-state index contributed by atoms with van der Waals surface area (Å²) in [6, 6.07) is 0. The largest absolute Gasteiger partial charge is 0.389 e. The second-order valence-electron chi connectivity index (χ2n) is 6.65. The minimum Gasteiger partial charge on any atom is -0.389 e. The third-order valence-electron chi connectivity index (χ3n) is 4.38. The summed E-state index contributed by atoms with van der Waals surface area (Å²) in [6.07, 6.45) is 6.84. The number of hydrogen-bond donors (Lipinski definition) is 2. The molecule has 2 aliphatic rings. The second-order valence-corrected chi connectivity index (χ2v) is 6.65. The van der Waals surface area contributed by atoms with E-state index in [1.165, 1.54) is 12.8 Å². The first-order valence-corrected chi connectivity index (χ1v) is 7.04. The van der Waals surface area contributed by atoms with E-state index in [0.29, 0.717) is 11.5 Å². The molecule has 1 heterocycles. The molecule has 0 aromatic heterocycles. The highest BCUT2D eigenvalue weighted by atomic mass is 16.5. The Morgan fingerprint density at radius 2 is 1.94 bits per heavy atom. The lowest BCUT2D eigenvalue weighted by molar-refractivity contribution is -0.0262. The molecule has 0 spiro atoms. The van der Waals surface area contributed by atoms with E-state index in [-0.39, 0.29) is 0 Å². The molecule has 17 heavy (non-hydrogen) atoms. The maximum Gasteiger partial charge on any atom is 0.0772 e. The van der Waals surface area contributed by atoms with Gasteiger partial charge in [-0.3, -0.25) is 0 Å². The number of rotatable bonds is 4. The zero-order valence-corrected chi connectivity index (χ0v) is 11.3. The van der Waals surface area contributed by atoms with Crippen LogP contribution in [0, 0.1) is 5.41 Å². The van der Waals surface area contributed by atoms with Crippen LogP contribution in [0.3, 0.4) is 0 Å². The van der Waals surface area contributed by atoms with Crippen LogP contribution < -0.4 is 5.32 Å². The number of hydrogen-bond acceptors (Lipinski definition) is 3. The van der Waals surface area contributed by atoms with Crippen molar-refractivity contribution in [1.29, 1.82) is 0 Å². The van der Waals surface area contributed by atoms with Crippen LogP contribution in [0.4, 0.5) is 0 Å². The molecule has 0 radical (unpaired) electrons. The lowest BCUT2D eigenvalue weighted by atomic mass is 9.71. The summed E-state index contributed by atoms with van der Waals surface area (Å²) in [4.78, 5) is 0. The van der Waals surface area contributed by atoms with Crippen LogP contribution >= 0.6 is 0 Å². The van der Waals surface area contributed by atoms with Crippen molar-refractivity contribution in [2.75, 3.05) is 19.7 Å². The van der Waals surface area contributed by atoms with Gasteiger partial charge in [-0.25, -0.2) is 0 Å². The van der Waals surface area contributed by atoms with Crippen LogP contribution in [0.1, 0.15) is 52.4 Å². The average Bonchev–Trinajstić information content (AvgIpc) is 2.77. The Morgan fingerprint density at radius 3 is 2.53 bits per heavy atom. The van der Waals surface area contributed by atoms with Gasteiger partial charge in [0.05, 0.1) is 11.7 Å². The molecule has 2 rings (SSSR count). The van der Waals surface area contributed by atoms with Crippen molar-refractivity contribution in [3.63, 3.8) is 0 Å². The van der Waals surface area contributed by atoms with Gasteiger partial charge in [0.25, 0.3) is 0 Å². The maximum atomic E-state index is 10.5. The molecule has 1 aliphatic heterocycles. The van der Waals surface area contributed by atoms with Crippen molar-refractivity contribution in [3.8, 4) is 0 Å². The minimum absolute atomic E-state index is 0.374. The first-order chi connectivity index (χ1) is 7.99. The number of ether oxygens (including phenoxy) is 1. The topological polar surface area (TPSA) is 41.5 Å². The van der Waals surface area contributed by atoms with Gasteiger partial charge in [-0.2, -0.15) is 0 Å². The Hall–Kier alpha value is -0.120. The van der Waals surface area contributed by atoms with Gasteiger partial charge in [0.1, 0.15) is 0 Å². The van der Waals surface area contributed by atoms with Crippen LogP contribution in [0.25, 0.3) is 0 Å². The lowest BCUT2D eigenvalue weighted by Gasteiger charge is -2.40. The lowest BCUT2D eigenvalue weighted by Crippen LogP contribution is -2.46. The first-order valence-electron chi connectivity index (χ1n) is 7.04. The van der Waals surface area contributed by atoms with E-state index in [1.54, 1.807) is 0 Å². The summed E-state index contributed by atoms with van der Waals surface area (Å²) < 4.78 is 5.56. The van der Waals surface area contributed by atoms with Gasteiger partial charge in [0, 0.05) is 19.7 Å². The molecular formula is C14H27NO2. The molecule has 0 aromatic carbocycles. The highest BCUT2D eigenvalue weighted by Crippen LogP contribution is 2.39. The fourth-order valence-corrected chi connectivity index (χ4v) is 2.84. The van der Waals surface area contributed by atoms with Gasteiger partial charge < -0.3 is 15.2 Å². The van der Waals surface area contributed by atoms with Gasteiger partial charge >= 0.3 is 0 Å². The van der Waals surface area contributed by atoms with Crippen molar-refractivity contribution in [2.45, 2.75) is 64.1 Å². The summed E-state index contributed by atoms with van der Waals surface area (Å²) in [6.45, 7) is 7.12. The third-order valence-corrected chi connectivity index (χ3v) is 4.38. The molecule has 0 aromatic rings. The van der Waals surface area contributed by atoms with Crippen molar-refractivity contribution >= 4 is 0 Å². The third kappa shape index (κ3) is 3.94. The summed E-state index contributed by atoms with van der Waals surface area (Å²) in [5.41, 5.74) is -0.0606. The van der Waals surface area contributed by atoms with Gasteiger partial charge in [0.15, 0.2) is 0 Å². The molecule has 2 N–H and O–H groups in total. The summed E-state index contributed by atoms with van der Waals surface area (Å²) >= 11 is 0. The quantitative estimate of drug-likeness (QED) is 0.792. The van der Waals surface area contributed by atoms with E-state index in [9.17, 15) is 5.11 Å². The van der Waals surface area contributed by atoms with E-state index in [0.717, 1.165) is 45.4 Å². The molecule has 0 bridgehead atoms. The van der Waals surface area contributed by atoms with Crippen molar-refractivity contribution in [2.24, 2.45) is 5.41 Å². The monoisotopic (exact) mass is 241 g/mol. The molecule has 1 atom stereocenters. The maximum absolute atomic E-state index is 10.5. The van der Waals surface area contributed by atoms with Gasteiger partial charge in [-0.1, -0.05) is 13.8 Å². The molecule has 0 amide bonds. The Bertz CT molecular complexity index is 237. The number of nitrogens with one attached hydrogen (secondary N) is 1. The van der Waals surface area contributed by atoms with Crippen LogP contribution in [0.2, 0.25) is 0 Å². The average molecular weight is 241 g/mol. The second kappa shape index (κ2) is 5.25. The Kier molecular flexibility index (Phi) is 4.11. The first kappa shape index (κ1) is 13.3. The summed E-state index contributed by atoms with van der Waals surface area (Å²) in [5, 5.41) is 13.9. The molecule has 2 fully saturated rings. The van der Waals surface area contributed by atoms with Crippen molar-refractivity contribution in [3.05, 3.63) is 0 Å². The molecule has 3 nitrogen and oxygen atoms in total. The minimum atomic E-state index is -0.478. The van der Waals surface area contributed by atoms with E-state index in [4.69, 9.17) is 4.74 Å². The molecule has 1 saturated heterocycles. The summed E-state index contributed by atoms with van der Waals surface area (Å²) in [5.74, 6) is 0. The zero-order chi connectivity index (χ0) is 12.4. The molecule has 3 heteroatoms. The summed E-state index contributed by atoms with van der Waals surface area (Å²) in [7, 11) is 0. The normalized spacial score (nSPS) is 31.6. The van der Waals surface area contributed by atoms with Crippen LogP contribution in [-0.2, 0) is 4.74 Å². The Morgan fingerprint density at radius 1 is 1.24 bits per heavy atom. The van der Waals surface area contributed by atoms with E-state index < -0.39 is 5.60 Å². The number of aliphatic hydroxyl groups is 1. The molecule has 100 valence electrons. The molecule has 1 aliphatic carbocycles. The predicted octanol–water partition coefficient (Wildman–Crippen LogP) is 2.09. The van der Waals surface area contributed by atoms with Gasteiger partial charge in [0.2, 0.25) is 0 Å². The standard InChI is InChI=1S/C14H27NO2/c1-13(2)5-7-14(16,8-6-13)11-15-10-12-4-3-9-17-12/h12,15-16H,3-11H2,1-2H3. The smallest absolute Gasteiger partial charge is 0.0772 e. The van der Waals surface area contributed by atoms with Crippen LogP contribution in [0.15, 0.2) is 0 Å². The van der Waals surface area contributed by atoms with Crippen molar-refractivity contribution < 1.29 is 9.84 Å². The van der Waals surface area contributed by atoms with Gasteiger partial charge in [-0.05, 0) is 43.9 Å². The zero-order valence-electron chi connectivity index (χ0n) is 11.3. The Balaban J connectivity index is 1.67. The molecular weight excluding hydrogens is 214 g/mol. The highest BCUT2D eigenvalue weighted by Gasteiger charge is 2.36. The predicted molar refractivity (Wildman–Crippen MR) is 69.0 cm³/mol. The molecule has 1 saturated carbocycles. The Labute approximate surface area is 105 Å². The molecule has 1 unspecified atom stereocenters. The van der Waals surface area contributed by atoms with E-state index in [2.05, 4.69) is 19.2 Å². The van der Waals surface area contributed by atoms with Crippen molar-refractivity contribution in [1.82, 2.24) is 5.32 Å². The highest BCUT2D eigenvalue weighted by molar-refractivity contribution is 4.90. The fraction of sp³-hybridized carbons (Fsp3) is 1.00.